The van der Waals surface area contributed by atoms with Crippen molar-refractivity contribution in [1.82, 2.24) is 26.6 Å². The van der Waals surface area contributed by atoms with E-state index in [4.69, 9.17) is 52.4 Å². The molecule has 0 saturated carbocycles. The zero-order chi connectivity index (χ0) is 62.2. The number of carbonyl (C=O) groups excluding carboxylic acids is 5. The Hall–Kier alpha value is -3.26. The number of rotatable bonds is 43. The first-order valence-corrected chi connectivity index (χ1v) is 30.0. The lowest BCUT2D eigenvalue weighted by molar-refractivity contribution is -0.282. The van der Waals surface area contributed by atoms with E-state index in [1.165, 1.54) is 0 Å². The predicted octanol–water partition coefficient (Wildman–Crippen LogP) is -5.36. The van der Waals surface area contributed by atoms with Gasteiger partial charge in [-0.05, 0) is 32.1 Å². The van der Waals surface area contributed by atoms with E-state index >= 15 is 0 Å². The van der Waals surface area contributed by atoms with Gasteiger partial charge in [0.15, 0.2) is 18.9 Å². The highest BCUT2D eigenvalue weighted by molar-refractivity contribution is 7.46. The largest absolute Gasteiger partial charge is 0.469 e. The van der Waals surface area contributed by atoms with Crippen LogP contribution in [0, 0.1) is 17.8 Å². The molecule has 16 N–H and O–H groups in total. The smallest absolute Gasteiger partial charge is 0.394 e. The summed E-state index contributed by atoms with van der Waals surface area (Å²) in [6.45, 7) is 2.43. The first kappa shape index (κ1) is 75.0. The van der Waals surface area contributed by atoms with Gasteiger partial charge in [0.1, 0.15) is 42.2 Å². The van der Waals surface area contributed by atoms with E-state index < -0.39 is 154 Å². The van der Waals surface area contributed by atoms with Gasteiger partial charge < -0.3 is 125 Å². The summed E-state index contributed by atoms with van der Waals surface area (Å²) in [5, 5.41) is 103. The third-order valence-electron chi connectivity index (χ3n) is 14.0. The van der Waals surface area contributed by atoms with Crippen LogP contribution in [0.1, 0.15) is 85.0 Å². The standard InChI is InChI=1S/C51H94N5O27P/c1-31-42(65)45(68)34(25-57)81-48(31)77-18-5-14-53-38(61)11-22-74-28-51(56-41(64)10-4-9-37(60)52-17-8-21-80-84(71,72)73,29-75-23-12-39(62)54-15-6-19-78-49-32(2)43(66)46(69)35(26-58)82-49)30-76-24-13-40(63)55-16-7-20-79-50-33(3)44(67)47(70)36(27-59)83-50/h31-36,42-50,57-59,65-70H,4-30H2,1-3H3,(H,52,60)(H,53,61)(H,54,62)(H,55,63)(H,56,64)(H2,71,72,73)/t31?,32?,33?,34?,35?,36?,42-,43-,44-,45+,46+,47+,48-,49-,50-,51?/m1/s1. The second-order valence-electron chi connectivity index (χ2n) is 21.0. The van der Waals surface area contributed by atoms with Gasteiger partial charge in [0, 0.05) is 76.0 Å². The second kappa shape index (κ2) is 40.3. The van der Waals surface area contributed by atoms with Crippen LogP contribution in [0.5, 0.6) is 0 Å². The van der Waals surface area contributed by atoms with Gasteiger partial charge in [-0.2, -0.15) is 0 Å². The van der Waals surface area contributed by atoms with Crippen LogP contribution in [0.3, 0.4) is 0 Å². The van der Waals surface area contributed by atoms with Crippen molar-refractivity contribution in [2.75, 3.05) is 112 Å². The predicted molar refractivity (Wildman–Crippen MR) is 288 cm³/mol. The zero-order valence-electron chi connectivity index (χ0n) is 48.2. The Morgan fingerprint density at radius 3 is 1.04 bits per heavy atom. The first-order chi connectivity index (χ1) is 40.0. The molecule has 5 amide bonds. The van der Waals surface area contributed by atoms with E-state index in [1.807, 2.05) is 0 Å². The third kappa shape index (κ3) is 27.8. The number of nitrogens with one attached hydrogen (secondary N) is 5. The van der Waals surface area contributed by atoms with E-state index in [9.17, 15) is 74.5 Å². The minimum absolute atomic E-state index is 0.0467. The molecule has 0 aromatic carbocycles. The quantitative estimate of drug-likeness (QED) is 0.0200. The van der Waals surface area contributed by atoms with Crippen molar-refractivity contribution < 1.29 is 131 Å². The Balaban J connectivity index is 1.61. The fourth-order valence-electron chi connectivity index (χ4n) is 8.87. The van der Waals surface area contributed by atoms with Gasteiger partial charge in [-0.1, -0.05) is 20.8 Å². The molecule has 32 nitrogen and oxygen atoms in total. The Labute approximate surface area is 488 Å². The van der Waals surface area contributed by atoms with Gasteiger partial charge in [0.25, 0.3) is 0 Å². The zero-order valence-corrected chi connectivity index (χ0v) is 49.0. The molecule has 3 saturated heterocycles. The highest BCUT2D eigenvalue weighted by Crippen LogP contribution is 2.35. The second-order valence-corrected chi connectivity index (χ2v) is 22.3. The Morgan fingerprint density at radius 1 is 0.429 bits per heavy atom. The molecular formula is C51H94N5O27P. The number of ether oxygens (including phenoxy) is 9. The molecule has 3 heterocycles. The molecular weight excluding hydrogens is 1150 g/mol. The molecule has 0 bridgehead atoms. The van der Waals surface area contributed by atoms with Crippen LogP contribution in [0.15, 0.2) is 0 Å². The molecule has 3 fully saturated rings. The number of hydrogen-bond acceptors (Lipinski definition) is 25. The van der Waals surface area contributed by atoms with Crippen LogP contribution in [0.4, 0.5) is 0 Å². The monoisotopic (exact) mass is 1240 g/mol. The number of phosphoric acid groups is 1. The van der Waals surface area contributed by atoms with Crippen molar-refractivity contribution in [2.24, 2.45) is 17.8 Å². The Kier molecular flexibility index (Phi) is 36.0. The number of carbonyl (C=O) groups is 5. The minimum Gasteiger partial charge on any atom is -0.394 e. The molecule has 84 heavy (non-hydrogen) atoms. The molecule has 0 aromatic heterocycles. The molecule has 33 heteroatoms. The molecule has 15 atom stereocenters. The molecule has 490 valence electrons. The van der Waals surface area contributed by atoms with Gasteiger partial charge in [0.2, 0.25) is 29.5 Å². The minimum atomic E-state index is -4.67. The maximum atomic E-state index is 13.7. The van der Waals surface area contributed by atoms with Crippen LogP contribution in [0.2, 0.25) is 0 Å². The van der Waals surface area contributed by atoms with Crippen molar-refractivity contribution in [3.8, 4) is 0 Å². The molecule has 3 aliphatic heterocycles. The molecule has 3 rings (SSSR count). The van der Waals surface area contributed by atoms with Gasteiger partial charge >= 0.3 is 7.82 Å². The number of hydrogen-bond donors (Lipinski definition) is 16. The fourth-order valence-corrected chi connectivity index (χ4v) is 9.23. The van der Waals surface area contributed by atoms with Crippen molar-refractivity contribution in [3.05, 3.63) is 0 Å². The van der Waals surface area contributed by atoms with Crippen LogP contribution in [0.25, 0.3) is 0 Å². The SMILES string of the molecule is CC1[C@H](OCCCNC(=O)CCOCC(COCCC(=O)NCCCO[C@@H]2OC(CO)[C@H](O)[C@H](O)C2C)(COCCC(=O)NCCCO[C@@H]2OC(CO)[C@H](O)[C@H](O)C2C)NC(=O)CCCC(=O)NCCCOP(=O)(O)O)OC(CO)[C@H](O)[C@@H]1O. The fraction of sp³-hybridized carbons (Fsp3) is 0.902. The summed E-state index contributed by atoms with van der Waals surface area (Å²) < 4.78 is 67.0. The van der Waals surface area contributed by atoms with E-state index in [-0.39, 0.29) is 137 Å². The topological polar surface area (TPSA) is 477 Å². The van der Waals surface area contributed by atoms with Gasteiger partial charge in [-0.25, -0.2) is 4.57 Å². The van der Waals surface area contributed by atoms with Crippen molar-refractivity contribution in [2.45, 2.75) is 164 Å². The summed E-state index contributed by atoms with van der Waals surface area (Å²) in [5.74, 6) is -4.03. The van der Waals surface area contributed by atoms with Gasteiger partial charge in [0.05, 0.1) is 104 Å². The number of amides is 5. The first-order valence-electron chi connectivity index (χ1n) is 28.5. The molecule has 0 aromatic rings. The Bertz CT molecular complexity index is 1780. The maximum Gasteiger partial charge on any atom is 0.469 e. The van der Waals surface area contributed by atoms with E-state index in [0.29, 0.717) is 19.3 Å². The van der Waals surface area contributed by atoms with Gasteiger partial charge in [-0.15, -0.1) is 0 Å². The van der Waals surface area contributed by atoms with Crippen LogP contribution in [-0.2, 0) is 75.7 Å². The van der Waals surface area contributed by atoms with Crippen LogP contribution < -0.4 is 26.6 Å². The number of aliphatic hydroxyl groups is 9. The molecule has 0 aliphatic carbocycles. The van der Waals surface area contributed by atoms with Crippen molar-refractivity contribution in [1.29, 1.82) is 0 Å². The van der Waals surface area contributed by atoms with Crippen molar-refractivity contribution in [3.63, 3.8) is 0 Å². The maximum absolute atomic E-state index is 13.7. The van der Waals surface area contributed by atoms with Crippen molar-refractivity contribution >= 4 is 37.4 Å². The van der Waals surface area contributed by atoms with Crippen LogP contribution >= 0.6 is 7.82 Å². The number of phosphoric ester groups is 1. The summed E-state index contributed by atoms with van der Waals surface area (Å²) in [5.41, 5.74) is -1.52. The van der Waals surface area contributed by atoms with E-state index in [2.05, 4.69) is 31.1 Å². The lowest BCUT2D eigenvalue weighted by Crippen LogP contribution is -2.58. The normalized spacial score (nSPS) is 28.9. The third-order valence-corrected chi connectivity index (χ3v) is 14.5. The summed E-state index contributed by atoms with van der Waals surface area (Å²) in [6, 6.07) is 0. The summed E-state index contributed by atoms with van der Waals surface area (Å²) in [6.07, 6.45) is -12.8. The average Bonchev–Trinajstić information content (AvgIpc) is 3.53. The summed E-state index contributed by atoms with van der Waals surface area (Å²) in [4.78, 5) is 82.5. The van der Waals surface area contributed by atoms with E-state index in [0.717, 1.165) is 0 Å². The van der Waals surface area contributed by atoms with Crippen LogP contribution in [-0.4, -0.2) is 277 Å². The van der Waals surface area contributed by atoms with E-state index in [1.54, 1.807) is 20.8 Å². The molecule has 6 unspecified atom stereocenters. The highest BCUT2D eigenvalue weighted by Gasteiger charge is 2.45. The average molecular weight is 1240 g/mol. The molecule has 0 spiro atoms. The number of aliphatic hydroxyl groups excluding tert-OH is 9. The summed E-state index contributed by atoms with van der Waals surface area (Å²) in [7, 11) is -4.67. The molecule has 3 aliphatic rings. The lowest BCUT2D eigenvalue weighted by atomic mass is 9.92. The summed E-state index contributed by atoms with van der Waals surface area (Å²) >= 11 is 0. The van der Waals surface area contributed by atoms with Gasteiger partial charge in [-0.3, -0.25) is 28.5 Å². The lowest BCUT2D eigenvalue weighted by Gasteiger charge is -2.40. The molecule has 0 radical (unpaired) electrons. The highest BCUT2D eigenvalue weighted by atomic mass is 31.2. The Morgan fingerprint density at radius 2 is 0.726 bits per heavy atom.